The molecule has 6 aromatic rings. The molecular weight excluding hydrogens is 474 g/mol. The van der Waals surface area contributed by atoms with Crippen molar-refractivity contribution in [3.05, 3.63) is 96.3 Å². The Morgan fingerprint density at radius 2 is 1.09 bits per heavy atom. The quantitative estimate of drug-likeness (QED) is 0.194. The van der Waals surface area contributed by atoms with E-state index in [1.165, 1.54) is 5.39 Å². The average Bonchev–Trinajstić information content (AvgIpc) is 2.86. The molecule has 0 aliphatic heterocycles. The van der Waals surface area contributed by atoms with Gasteiger partial charge in [0, 0.05) is 42.6 Å². The first-order valence-corrected chi connectivity index (χ1v) is 10.9. The Morgan fingerprint density at radius 3 is 1.68 bits per heavy atom. The van der Waals surface area contributed by atoms with E-state index >= 15 is 0 Å². The zero-order valence-electron chi connectivity index (χ0n) is 19.5. The third-order valence-corrected chi connectivity index (χ3v) is 6.04. The molecule has 0 bridgehead atoms. The van der Waals surface area contributed by atoms with Crippen molar-refractivity contribution in [1.82, 2.24) is 9.97 Å². The van der Waals surface area contributed by atoms with Crippen molar-refractivity contribution >= 4 is 43.4 Å². The van der Waals surface area contributed by atoms with Crippen molar-refractivity contribution in [2.45, 2.75) is 13.8 Å². The molecule has 0 spiro atoms. The minimum Gasteiger partial charge on any atom is -0.507 e. The molecule has 5 heteroatoms. The summed E-state index contributed by atoms with van der Waals surface area (Å²) in [6.45, 7) is 3.95. The molecule has 0 saturated carbocycles. The number of benzene rings is 4. The van der Waals surface area contributed by atoms with Crippen molar-refractivity contribution in [2.24, 2.45) is 0 Å². The van der Waals surface area contributed by atoms with E-state index in [4.69, 9.17) is 4.74 Å². The Bertz CT molecular complexity index is 1650. The predicted molar refractivity (Wildman–Crippen MR) is 136 cm³/mol. The first-order valence-electron chi connectivity index (χ1n) is 10.9. The second-order valence-corrected chi connectivity index (χ2v) is 8.12. The number of aromatic nitrogens is 2. The number of hydrogen-bond donors (Lipinski definition) is 1. The van der Waals surface area contributed by atoms with Crippen LogP contribution in [-0.2, 0) is 19.5 Å². The Balaban J connectivity index is 0.000000157. The van der Waals surface area contributed by atoms with Gasteiger partial charge in [-0.05, 0) is 47.9 Å². The second-order valence-electron chi connectivity index (χ2n) is 8.12. The number of ether oxygens (including phenoxy) is 1. The minimum absolute atomic E-state index is 0. The number of aryl methyl sites for hydroxylation is 2. The van der Waals surface area contributed by atoms with Crippen LogP contribution in [0.15, 0.2) is 85.2 Å². The van der Waals surface area contributed by atoms with Gasteiger partial charge in [0.1, 0.15) is 11.5 Å². The predicted octanol–water partition coefficient (Wildman–Crippen LogP) is 7.10. The molecule has 0 radical (unpaired) electrons. The van der Waals surface area contributed by atoms with Gasteiger partial charge in [-0.15, -0.1) is 0 Å². The summed E-state index contributed by atoms with van der Waals surface area (Å²) in [6.07, 6.45) is 3.58. The Kier molecular flexibility index (Phi) is 6.76. The molecule has 6 rings (SSSR count). The maximum atomic E-state index is 10.1. The molecule has 0 aliphatic carbocycles. The van der Waals surface area contributed by atoms with Gasteiger partial charge in [-0.1, -0.05) is 60.7 Å². The number of methoxy groups -OCH3 is 1. The fourth-order valence-electron chi connectivity index (χ4n) is 4.33. The van der Waals surface area contributed by atoms with Gasteiger partial charge in [0.2, 0.25) is 0 Å². The number of nitrogens with zero attached hydrogens (tertiary/aromatic N) is 2. The smallest absolute Gasteiger partial charge is 0.131 e. The van der Waals surface area contributed by atoms with E-state index in [2.05, 4.69) is 47.2 Å². The molecular formula is C29H24N2O2Zn. The number of fused-ring (bicyclic) bond motifs is 6. The van der Waals surface area contributed by atoms with Crippen LogP contribution in [0.4, 0.5) is 0 Å². The molecule has 164 valence electrons. The SMILES string of the molecule is COc1c(C)ccc2ccc3cccnc3c12.Cc1ccc2ccc3cccnc3c2c1O.[Zn]. The summed E-state index contributed by atoms with van der Waals surface area (Å²) in [5.74, 6) is 1.26. The molecule has 1 N–H and O–H groups in total. The monoisotopic (exact) mass is 496 g/mol. The van der Waals surface area contributed by atoms with E-state index < -0.39 is 0 Å². The summed E-state index contributed by atoms with van der Waals surface area (Å²) >= 11 is 0. The van der Waals surface area contributed by atoms with E-state index in [0.717, 1.165) is 54.8 Å². The normalized spacial score (nSPS) is 10.7. The van der Waals surface area contributed by atoms with Crippen LogP contribution < -0.4 is 4.74 Å². The van der Waals surface area contributed by atoms with Crippen molar-refractivity contribution in [3.63, 3.8) is 0 Å². The first-order chi connectivity index (χ1) is 16.1. The average molecular weight is 498 g/mol. The molecule has 0 fully saturated rings. The van der Waals surface area contributed by atoms with Crippen LogP contribution in [-0.4, -0.2) is 22.2 Å². The number of aromatic hydroxyl groups is 1. The Hall–Kier alpha value is -3.56. The standard InChI is InChI=1S/C15H13NO.C14H11NO.Zn/c1-10-5-6-11-7-8-12-4-3-9-16-14(12)13(11)15(10)17-2;1-9-4-5-10-6-7-11-3-2-8-15-13(11)12(10)14(9)16;/h3-9H,1-2H3;2-8,16H,1H3;. The van der Waals surface area contributed by atoms with E-state index in [1.807, 2.05) is 55.6 Å². The second kappa shape index (κ2) is 9.74. The number of rotatable bonds is 1. The third kappa shape index (κ3) is 4.08. The zero-order valence-corrected chi connectivity index (χ0v) is 22.5. The molecule has 0 aliphatic rings. The van der Waals surface area contributed by atoms with Crippen LogP contribution in [0.3, 0.4) is 0 Å². The summed E-state index contributed by atoms with van der Waals surface area (Å²) in [4.78, 5) is 8.83. The van der Waals surface area contributed by atoms with Crippen molar-refractivity contribution in [1.29, 1.82) is 0 Å². The molecule has 0 saturated heterocycles. The largest absolute Gasteiger partial charge is 0.507 e. The summed E-state index contributed by atoms with van der Waals surface area (Å²) in [5.41, 5.74) is 3.88. The van der Waals surface area contributed by atoms with Crippen LogP contribution in [0.2, 0.25) is 0 Å². The van der Waals surface area contributed by atoms with Gasteiger partial charge in [-0.3, -0.25) is 9.97 Å². The van der Waals surface area contributed by atoms with Crippen LogP contribution in [0.5, 0.6) is 11.5 Å². The molecule has 0 atom stereocenters. The minimum atomic E-state index is 0. The first kappa shape index (κ1) is 23.6. The fraction of sp³-hybridized carbons (Fsp3) is 0.103. The fourth-order valence-corrected chi connectivity index (χ4v) is 4.33. The van der Waals surface area contributed by atoms with Crippen LogP contribution in [0.1, 0.15) is 11.1 Å². The maximum Gasteiger partial charge on any atom is 0.131 e. The number of phenols is 1. The third-order valence-electron chi connectivity index (χ3n) is 6.04. The molecule has 2 heterocycles. The van der Waals surface area contributed by atoms with Crippen LogP contribution >= 0.6 is 0 Å². The summed E-state index contributed by atoms with van der Waals surface area (Å²) in [5, 5.41) is 16.4. The van der Waals surface area contributed by atoms with Gasteiger partial charge in [0.05, 0.1) is 28.9 Å². The molecule has 4 nitrogen and oxygen atoms in total. The summed E-state index contributed by atoms with van der Waals surface area (Å²) in [6, 6.07) is 24.3. The van der Waals surface area contributed by atoms with E-state index in [0.29, 0.717) is 5.75 Å². The van der Waals surface area contributed by atoms with Gasteiger partial charge in [0.15, 0.2) is 0 Å². The van der Waals surface area contributed by atoms with E-state index in [1.54, 1.807) is 13.3 Å². The molecule has 0 unspecified atom stereocenters. The Morgan fingerprint density at radius 1 is 0.618 bits per heavy atom. The van der Waals surface area contributed by atoms with Crippen LogP contribution in [0.25, 0.3) is 43.4 Å². The van der Waals surface area contributed by atoms with Gasteiger partial charge >= 0.3 is 0 Å². The zero-order chi connectivity index (χ0) is 22.9. The number of hydrogen-bond acceptors (Lipinski definition) is 4. The Labute approximate surface area is 211 Å². The van der Waals surface area contributed by atoms with Crippen molar-refractivity contribution in [3.8, 4) is 11.5 Å². The topological polar surface area (TPSA) is 55.2 Å². The van der Waals surface area contributed by atoms with E-state index in [-0.39, 0.29) is 19.5 Å². The van der Waals surface area contributed by atoms with Gasteiger partial charge in [-0.2, -0.15) is 0 Å². The molecule has 2 aromatic heterocycles. The van der Waals surface area contributed by atoms with Gasteiger partial charge in [0.25, 0.3) is 0 Å². The summed E-state index contributed by atoms with van der Waals surface area (Å²) in [7, 11) is 1.71. The number of pyridine rings is 2. The van der Waals surface area contributed by atoms with Gasteiger partial charge in [-0.25, -0.2) is 0 Å². The van der Waals surface area contributed by atoms with Crippen molar-refractivity contribution < 1.29 is 29.3 Å². The summed E-state index contributed by atoms with van der Waals surface area (Å²) < 4.78 is 5.53. The molecule has 34 heavy (non-hydrogen) atoms. The van der Waals surface area contributed by atoms with Crippen LogP contribution in [0, 0.1) is 13.8 Å². The van der Waals surface area contributed by atoms with Crippen molar-refractivity contribution in [2.75, 3.05) is 7.11 Å². The van der Waals surface area contributed by atoms with Gasteiger partial charge < -0.3 is 9.84 Å². The number of phenolic OH excluding ortho intramolecular Hbond substituents is 1. The molecule has 4 aromatic carbocycles. The maximum absolute atomic E-state index is 10.1. The van der Waals surface area contributed by atoms with E-state index in [9.17, 15) is 5.11 Å². The molecule has 0 amide bonds.